The summed E-state index contributed by atoms with van der Waals surface area (Å²) in [6, 6.07) is 2.57. The minimum atomic E-state index is 0.481. The van der Waals surface area contributed by atoms with Gasteiger partial charge in [-0.15, -0.1) is 0 Å². The summed E-state index contributed by atoms with van der Waals surface area (Å²) in [4.78, 5) is 4.39. The Labute approximate surface area is 107 Å². The summed E-state index contributed by atoms with van der Waals surface area (Å²) in [5.41, 5.74) is 1.19. The molecule has 1 atom stereocenters. The van der Waals surface area contributed by atoms with Crippen LogP contribution < -0.4 is 5.32 Å². The van der Waals surface area contributed by atoms with E-state index in [2.05, 4.69) is 60.0 Å². The number of rotatable bonds is 5. The van der Waals surface area contributed by atoms with Crippen molar-refractivity contribution in [2.45, 2.75) is 46.6 Å². The highest BCUT2D eigenvalue weighted by atomic mass is 79.9. The smallest absolute Gasteiger partial charge is 0.129 e. The molecule has 3 heteroatoms. The van der Waals surface area contributed by atoms with E-state index in [1.807, 2.05) is 6.20 Å². The van der Waals surface area contributed by atoms with Crippen molar-refractivity contribution in [2.24, 2.45) is 5.92 Å². The van der Waals surface area contributed by atoms with E-state index in [0.29, 0.717) is 6.04 Å². The van der Waals surface area contributed by atoms with Crippen LogP contribution in [0.25, 0.3) is 0 Å². The van der Waals surface area contributed by atoms with Crippen LogP contribution in [-0.2, 0) is 0 Å². The fraction of sp³-hybridized carbons (Fsp3) is 0.615. The molecule has 0 bridgehead atoms. The lowest BCUT2D eigenvalue weighted by molar-refractivity contribution is 0.527. The molecule has 1 rings (SSSR count). The molecule has 0 aliphatic carbocycles. The normalized spacial score (nSPS) is 12.9. The van der Waals surface area contributed by atoms with E-state index in [0.717, 1.165) is 16.2 Å². The third-order valence-corrected chi connectivity index (χ3v) is 3.04. The fourth-order valence-corrected chi connectivity index (χ4v) is 2.03. The second kappa shape index (κ2) is 6.24. The van der Waals surface area contributed by atoms with Crippen molar-refractivity contribution in [3.05, 3.63) is 22.3 Å². The molecular weight excluding hydrogens is 264 g/mol. The molecule has 0 aromatic carbocycles. The first-order valence-electron chi connectivity index (χ1n) is 5.87. The molecule has 0 saturated heterocycles. The molecule has 0 aliphatic heterocycles. The maximum absolute atomic E-state index is 4.39. The van der Waals surface area contributed by atoms with Crippen LogP contribution in [0.3, 0.4) is 0 Å². The van der Waals surface area contributed by atoms with Gasteiger partial charge in [-0.3, -0.25) is 0 Å². The van der Waals surface area contributed by atoms with E-state index in [1.54, 1.807) is 0 Å². The van der Waals surface area contributed by atoms with Gasteiger partial charge in [0.05, 0.1) is 0 Å². The molecule has 16 heavy (non-hydrogen) atoms. The van der Waals surface area contributed by atoms with Gasteiger partial charge in [0.2, 0.25) is 0 Å². The summed E-state index contributed by atoms with van der Waals surface area (Å²) in [5.74, 6) is 1.77. The van der Waals surface area contributed by atoms with Gasteiger partial charge in [0, 0.05) is 16.7 Å². The van der Waals surface area contributed by atoms with Gasteiger partial charge in [0.25, 0.3) is 0 Å². The first-order chi connectivity index (χ1) is 7.49. The van der Waals surface area contributed by atoms with E-state index >= 15 is 0 Å². The van der Waals surface area contributed by atoms with Crippen molar-refractivity contribution >= 4 is 21.7 Å². The van der Waals surface area contributed by atoms with Gasteiger partial charge in [0.1, 0.15) is 5.82 Å². The Balaban J connectivity index is 2.52. The number of hydrogen-bond acceptors (Lipinski definition) is 2. The lowest BCUT2D eigenvalue weighted by Crippen LogP contribution is -2.17. The van der Waals surface area contributed by atoms with Gasteiger partial charge in [-0.1, -0.05) is 13.8 Å². The van der Waals surface area contributed by atoms with E-state index in [1.165, 1.54) is 18.4 Å². The average molecular weight is 285 g/mol. The van der Waals surface area contributed by atoms with Crippen molar-refractivity contribution in [1.82, 2.24) is 4.98 Å². The van der Waals surface area contributed by atoms with Crippen LogP contribution in [0.15, 0.2) is 16.7 Å². The van der Waals surface area contributed by atoms with Crippen LogP contribution in [0.1, 0.15) is 39.2 Å². The predicted molar refractivity (Wildman–Crippen MR) is 73.8 cm³/mol. The summed E-state index contributed by atoms with van der Waals surface area (Å²) in [6.07, 6.45) is 4.28. The van der Waals surface area contributed by atoms with Gasteiger partial charge >= 0.3 is 0 Å². The largest absolute Gasteiger partial charge is 0.367 e. The number of hydrogen-bond donors (Lipinski definition) is 1. The van der Waals surface area contributed by atoms with E-state index < -0.39 is 0 Å². The van der Waals surface area contributed by atoms with Gasteiger partial charge < -0.3 is 5.32 Å². The average Bonchev–Trinajstić information content (AvgIpc) is 2.19. The minimum absolute atomic E-state index is 0.481. The highest BCUT2D eigenvalue weighted by Gasteiger charge is 2.06. The standard InChI is InChI=1S/C13H21BrN2/c1-9(2)5-6-11(4)16-13-10(3)7-12(14)8-15-13/h7-9,11H,5-6H2,1-4H3,(H,15,16). The molecular formula is C13H21BrN2. The van der Waals surface area contributed by atoms with Gasteiger partial charge in [-0.05, 0) is 60.2 Å². The Kier molecular flexibility index (Phi) is 5.26. The quantitative estimate of drug-likeness (QED) is 0.868. The van der Waals surface area contributed by atoms with Crippen LogP contribution in [0.5, 0.6) is 0 Å². The zero-order valence-electron chi connectivity index (χ0n) is 10.5. The maximum atomic E-state index is 4.39. The first kappa shape index (κ1) is 13.5. The number of anilines is 1. The fourth-order valence-electron chi connectivity index (χ4n) is 1.58. The van der Waals surface area contributed by atoms with Crippen molar-refractivity contribution in [3.63, 3.8) is 0 Å². The molecule has 1 aromatic heterocycles. The molecule has 0 saturated carbocycles. The van der Waals surface area contributed by atoms with Crippen molar-refractivity contribution in [1.29, 1.82) is 0 Å². The number of aryl methyl sites for hydroxylation is 1. The summed E-state index contributed by atoms with van der Waals surface area (Å²) < 4.78 is 1.03. The Hall–Kier alpha value is -0.570. The summed E-state index contributed by atoms with van der Waals surface area (Å²) in [6.45, 7) is 8.81. The molecule has 0 radical (unpaired) electrons. The molecule has 0 amide bonds. The van der Waals surface area contributed by atoms with Gasteiger partial charge in [0.15, 0.2) is 0 Å². The molecule has 2 nitrogen and oxygen atoms in total. The topological polar surface area (TPSA) is 24.9 Å². The third kappa shape index (κ3) is 4.52. The summed E-state index contributed by atoms with van der Waals surface area (Å²) >= 11 is 3.42. The lowest BCUT2D eigenvalue weighted by Gasteiger charge is -2.17. The maximum Gasteiger partial charge on any atom is 0.129 e. The Morgan fingerprint density at radius 1 is 1.31 bits per heavy atom. The number of nitrogens with one attached hydrogen (secondary N) is 1. The van der Waals surface area contributed by atoms with Crippen LogP contribution >= 0.6 is 15.9 Å². The van der Waals surface area contributed by atoms with Crippen molar-refractivity contribution < 1.29 is 0 Å². The van der Waals surface area contributed by atoms with Crippen molar-refractivity contribution in [3.8, 4) is 0 Å². The van der Waals surface area contributed by atoms with Crippen molar-refractivity contribution in [2.75, 3.05) is 5.32 Å². The van der Waals surface area contributed by atoms with Crippen LogP contribution in [0, 0.1) is 12.8 Å². The highest BCUT2D eigenvalue weighted by molar-refractivity contribution is 9.10. The van der Waals surface area contributed by atoms with E-state index in [-0.39, 0.29) is 0 Å². The van der Waals surface area contributed by atoms with Gasteiger partial charge in [-0.2, -0.15) is 0 Å². The number of pyridine rings is 1. The second-order valence-corrected chi connectivity index (χ2v) is 5.75. The third-order valence-electron chi connectivity index (χ3n) is 2.61. The van der Waals surface area contributed by atoms with E-state index in [9.17, 15) is 0 Å². The molecule has 1 N–H and O–H groups in total. The first-order valence-corrected chi connectivity index (χ1v) is 6.67. The molecule has 90 valence electrons. The molecule has 0 aliphatic rings. The minimum Gasteiger partial charge on any atom is -0.367 e. The monoisotopic (exact) mass is 284 g/mol. The highest BCUT2D eigenvalue weighted by Crippen LogP contribution is 2.18. The Morgan fingerprint density at radius 3 is 2.56 bits per heavy atom. The Morgan fingerprint density at radius 2 is 2.00 bits per heavy atom. The molecule has 0 spiro atoms. The molecule has 0 fully saturated rings. The zero-order valence-corrected chi connectivity index (χ0v) is 12.1. The van der Waals surface area contributed by atoms with E-state index in [4.69, 9.17) is 0 Å². The second-order valence-electron chi connectivity index (χ2n) is 4.84. The molecule has 1 aromatic rings. The predicted octanol–water partition coefficient (Wildman–Crippen LogP) is 4.39. The number of nitrogens with zero attached hydrogens (tertiary/aromatic N) is 1. The SMILES string of the molecule is Cc1cc(Br)cnc1NC(C)CCC(C)C. The summed E-state index contributed by atoms with van der Waals surface area (Å²) in [5, 5.41) is 3.46. The number of aromatic nitrogens is 1. The Bertz CT molecular complexity index is 337. The van der Waals surface area contributed by atoms with Crippen LogP contribution in [-0.4, -0.2) is 11.0 Å². The molecule has 1 heterocycles. The van der Waals surface area contributed by atoms with Gasteiger partial charge in [-0.25, -0.2) is 4.98 Å². The van der Waals surface area contributed by atoms with Crippen LogP contribution in [0.4, 0.5) is 5.82 Å². The zero-order chi connectivity index (χ0) is 12.1. The molecule has 1 unspecified atom stereocenters. The summed E-state index contributed by atoms with van der Waals surface area (Å²) in [7, 11) is 0. The van der Waals surface area contributed by atoms with Crippen LogP contribution in [0.2, 0.25) is 0 Å². The number of halogens is 1. The lowest BCUT2D eigenvalue weighted by atomic mass is 10.0.